The molecule has 0 saturated carbocycles. The van der Waals surface area contributed by atoms with Crippen molar-refractivity contribution < 1.29 is 25.2 Å². The predicted molar refractivity (Wildman–Crippen MR) is 39.2 cm³/mol. The molecule has 0 aromatic rings. The lowest BCUT2D eigenvalue weighted by atomic mass is 10.0. The Labute approximate surface area is 70.2 Å². The van der Waals surface area contributed by atoms with Crippen molar-refractivity contribution in [3.05, 3.63) is 0 Å². The molecular formula is C7H14O5. The molecule has 1 aliphatic rings. The highest BCUT2D eigenvalue weighted by atomic mass is 16.6. The van der Waals surface area contributed by atoms with Crippen LogP contribution in [0.5, 0.6) is 0 Å². The van der Waals surface area contributed by atoms with Crippen LogP contribution < -0.4 is 0 Å². The van der Waals surface area contributed by atoms with Gasteiger partial charge in [0.2, 0.25) is 0 Å². The van der Waals surface area contributed by atoms with Crippen molar-refractivity contribution in [2.75, 3.05) is 0 Å². The first kappa shape index (κ1) is 9.88. The van der Waals surface area contributed by atoms with Crippen LogP contribution in [0, 0.1) is 0 Å². The van der Waals surface area contributed by atoms with Crippen LogP contribution in [0.2, 0.25) is 0 Å². The molecule has 0 aromatic heterocycles. The van der Waals surface area contributed by atoms with Gasteiger partial charge in [-0.3, -0.25) is 0 Å². The maximum atomic E-state index is 9.26. The number of hydrogen-bond donors (Lipinski definition) is 4. The van der Waals surface area contributed by atoms with E-state index in [0.29, 0.717) is 6.42 Å². The van der Waals surface area contributed by atoms with Crippen LogP contribution >= 0.6 is 0 Å². The molecule has 5 atom stereocenters. The summed E-state index contributed by atoms with van der Waals surface area (Å²) in [5.74, 6) is 0. The lowest BCUT2D eigenvalue weighted by molar-refractivity contribution is -0.146. The molecule has 1 rings (SSSR count). The van der Waals surface area contributed by atoms with Crippen molar-refractivity contribution in [1.29, 1.82) is 0 Å². The first-order valence-corrected chi connectivity index (χ1v) is 3.95. The summed E-state index contributed by atoms with van der Waals surface area (Å²) < 4.78 is 4.74. The van der Waals surface area contributed by atoms with Crippen molar-refractivity contribution >= 4 is 0 Å². The minimum atomic E-state index is -1.40. The molecule has 5 unspecified atom stereocenters. The van der Waals surface area contributed by atoms with Crippen LogP contribution in [0.3, 0.4) is 0 Å². The molecule has 5 heteroatoms. The van der Waals surface area contributed by atoms with Gasteiger partial charge in [0, 0.05) is 0 Å². The van der Waals surface area contributed by atoms with Gasteiger partial charge in [0.15, 0.2) is 6.29 Å². The SMILES string of the molecule is CCC(O)C1OC(O)C(O)C1O. The Morgan fingerprint density at radius 2 is 1.83 bits per heavy atom. The second kappa shape index (κ2) is 3.68. The maximum absolute atomic E-state index is 9.26. The minimum absolute atomic E-state index is 0.404. The zero-order valence-electron chi connectivity index (χ0n) is 6.79. The fourth-order valence-corrected chi connectivity index (χ4v) is 1.24. The highest BCUT2D eigenvalue weighted by Gasteiger charge is 2.44. The van der Waals surface area contributed by atoms with E-state index in [1.165, 1.54) is 0 Å². The zero-order valence-corrected chi connectivity index (χ0v) is 6.79. The van der Waals surface area contributed by atoms with Crippen molar-refractivity contribution in [2.45, 2.75) is 44.1 Å². The molecule has 1 aliphatic heterocycles. The van der Waals surface area contributed by atoms with E-state index >= 15 is 0 Å². The number of ether oxygens (including phenoxy) is 1. The lowest BCUT2D eigenvalue weighted by Crippen LogP contribution is -2.38. The van der Waals surface area contributed by atoms with E-state index in [2.05, 4.69) is 0 Å². The zero-order chi connectivity index (χ0) is 9.30. The van der Waals surface area contributed by atoms with Gasteiger partial charge in [-0.15, -0.1) is 0 Å². The van der Waals surface area contributed by atoms with Crippen molar-refractivity contribution in [3.8, 4) is 0 Å². The highest BCUT2D eigenvalue weighted by Crippen LogP contribution is 2.23. The van der Waals surface area contributed by atoms with Gasteiger partial charge in [-0.1, -0.05) is 6.92 Å². The predicted octanol–water partition coefficient (Wildman–Crippen LogP) is -1.80. The number of hydrogen-bond acceptors (Lipinski definition) is 5. The molecule has 0 aliphatic carbocycles. The average Bonchev–Trinajstić information content (AvgIpc) is 2.32. The average molecular weight is 178 g/mol. The van der Waals surface area contributed by atoms with Gasteiger partial charge in [0.1, 0.15) is 18.3 Å². The molecule has 4 N–H and O–H groups in total. The van der Waals surface area contributed by atoms with Gasteiger partial charge in [-0.25, -0.2) is 0 Å². The van der Waals surface area contributed by atoms with E-state index in [-0.39, 0.29) is 0 Å². The van der Waals surface area contributed by atoms with Crippen LogP contribution in [-0.4, -0.2) is 51.1 Å². The monoisotopic (exact) mass is 178 g/mol. The quantitative estimate of drug-likeness (QED) is 0.400. The maximum Gasteiger partial charge on any atom is 0.184 e. The summed E-state index contributed by atoms with van der Waals surface area (Å²) in [5, 5.41) is 36.5. The van der Waals surface area contributed by atoms with Gasteiger partial charge in [0.05, 0.1) is 6.10 Å². The first-order valence-electron chi connectivity index (χ1n) is 3.95. The fraction of sp³-hybridized carbons (Fsp3) is 1.00. The summed E-state index contributed by atoms with van der Waals surface area (Å²) in [6.07, 6.45) is -5.27. The Morgan fingerprint density at radius 3 is 2.17 bits per heavy atom. The number of rotatable bonds is 2. The Hall–Kier alpha value is -0.200. The summed E-state index contributed by atoms with van der Waals surface area (Å²) in [6, 6.07) is 0. The Morgan fingerprint density at radius 1 is 1.25 bits per heavy atom. The van der Waals surface area contributed by atoms with Gasteiger partial charge >= 0.3 is 0 Å². The molecule has 5 nitrogen and oxygen atoms in total. The second-order valence-electron chi connectivity index (χ2n) is 2.95. The summed E-state index contributed by atoms with van der Waals surface area (Å²) in [7, 11) is 0. The summed E-state index contributed by atoms with van der Waals surface area (Å²) in [4.78, 5) is 0. The third-order valence-electron chi connectivity index (χ3n) is 2.07. The van der Waals surface area contributed by atoms with E-state index in [9.17, 15) is 10.2 Å². The van der Waals surface area contributed by atoms with Crippen molar-refractivity contribution in [3.63, 3.8) is 0 Å². The van der Waals surface area contributed by atoms with Crippen LogP contribution in [0.1, 0.15) is 13.3 Å². The largest absolute Gasteiger partial charge is 0.390 e. The standard InChI is InChI=1S/C7H14O5/c1-2-3(8)6-4(9)5(10)7(11)12-6/h3-11H,2H2,1H3. The number of aliphatic hydroxyl groups is 4. The molecule has 12 heavy (non-hydrogen) atoms. The van der Waals surface area contributed by atoms with E-state index in [1.54, 1.807) is 6.92 Å². The molecule has 1 heterocycles. The molecule has 1 saturated heterocycles. The molecule has 0 aromatic carbocycles. The Bertz CT molecular complexity index is 151. The van der Waals surface area contributed by atoms with E-state index in [4.69, 9.17) is 14.9 Å². The van der Waals surface area contributed by atoms with Crippen LogP contribution in [0.15, 0.2) is 0 Å². The van der Waals surface area contributed by atoms with Crippen LogP contribution in [-0.2, 0) is 4.74 Å². The molecule has 72 valence electrons. The van der Waals surface area contributed by atoms with Gasteiger partial charge in [-0.05, 0) is 6.42 Å². The molecule has 0 bridgehead atoms. The smallest absolute Gasteiger partial charge is 0.184 e. The topological polar surface area (TPSA) is 90.2 Å². The Kier molecular flexibility index (Phi) is 3.03. The molecule has 0 spiro atoms. The molecule has 1 fully saturated rings. The van der Waals surface area contributed by atoms with Gasteiger partial charge in [0.25, 0.3) is 0 Å². The van der Waals surface area contributed by atoms with Gasteiger partial charge < -0.3 is 25.2 Å². The minimum Gasteiger partial charge on any atom is -0.390 e. The van der Waals surface area contributed by atoms with Gasteiger partial charge in [-0.2, -0.15) is 0 Å². The molecular weight excluding hydrogens is 164 g/mol. The fourth-order valence-electron chi connectivity index (χ4n) is 1.24. The summed E-state index contributed by atoms with van der Waals surface area (Å²) in [5.41, 5.74) is 0. The van der Waals surface area contributed by atoms with Crippen molar-refractivity contribution in [1.82, 2.24) is 0 Å². The molecule has 0 amide bonds. The second-order valence-corrected chi connectivity index (χ2v) is 2.95. The third-order valence-corrected chi connectivity index (χ3v) is 2.07. The third kappa shape index (κ3) is 1.60. The van der Waals surface area contributed by atoms with Crippen molar-refractivity contribution in [2.24, 2.45) is 0 Å². The van der Waals surface area contributed by atoms with Crippen LogP contribution in [0.4, 0.5) is 0 Å². The number of aliphatic hydroxyl groups excluding tert-OH is 4. The summed E-state index contributed by atoms with van der Waals surface area (Å²) in [6.45, 7) is 1.72. The van der Waals surface area contributed by atoms with Crippen LogP contribution in [0.25, 0.3) is 0 Å². The van der Waals surface area contributed by atoms with E-state index in [1.807, 2.05) is 0 Å². The van der Waals surface area contributed by atoms with E-state index < -0.39 is 30.7 Å². The molecule has 0 radical (unpaired) electrons. The normalized spacial score (nSPS) is 44.8. The Balaban J connectivity index is 2.58. The van der Waals surface area contributed by atoms with E-state index in [0.717, 1.165) is 0 Å². The summed E-state index contributed by atoms with van der Waals surface area (Å²) >= 11 is 0. The first-order chi connectivity index (χ1) is 5.57. The lowest BCUT2D eigenvalue weighted by Gasteiger charge is -2.18. The highest BCUT2D eigenvalue weighted by molar-refractivity contribution is 4.89.